The fourth-order valence-electron chi connectivity index (χ4n) is 4.31. The van der Waals surface area contributed by atoms with Crippen LogP contribution in [0, 0.1) is 5.92 Å². The molecule has 190 valence electrons. The summed E-state index contributed by atoms with van der Waals surface area (Å²) < 4.78 is 7.55. The molecule has 0 radical (unpaired) electrons. The minimum Gasteiger partial charge on any atom is -0.379 e. The molecule has 0 amide bonds. The molecule has 2 aliphatic rings. The van der Waals surface area contributed by atoms with E-state index in [0.29, 0.717) is 0 Å². The highest BCUT2D eigenvalue weighted by Gasteiger charge is 2.14. The third-order valence-corrected chi connectivity index (χ3v) is 6.48. The number of likely N-dealkylation sites (tertiary alicyclic amines) is 1. The van der Waals surface area contributed by atoms with Crippen LogP contribution < -0.4 is 10.6 Å². The lowest BCUT2D eigenvalue weighted by atomic mass is 9.99. The fraction of sp³-hybridized carbons (Fsp3) is 0.870. The average Bonchev–Trinajstić information content (AvgIpc) is 3.28. The van der Waals surface area contributed by atoms with Crippen molar-refractivity contribution >= 4 is 29.9 Å². The molecule has 1 aromatic heterocycles. The molecule has 0 aromatic carbocycles. The van der Waals surface area contributed by atoms with Crippen LogP contribution in [0.5, 0.6) is 0 Å². The van der Waals surface area contributed by atoms with Gasteiger partial charge in [-0.05, 0) is 57.8 Å². The molecule has 0 spiro atoms. The van der Waals surface area contributed by atoms with E-state index < -0.39 is 0 Å². The largest absolute Gasteiger partial charge is 0.379 e. The molecule has 3 rings (SSSR count). The molecule has 9 nitrogen and oxygen atoms in total. The summed E-state index contributed by atoms with van der Waals surface area (Å²) in [5.41, 5.74) is 0. The van der Waals surface area contributed by atoms with Crippen LogP contribution in [0.2, 0.25) is 0 Å². The first-order valence-electron chi connectivity index (χ1n) is 12.7. The van der Waals surface area contributed by atoms with Crippen LogP contribution in [0.4, 0.5) is 0 Å². The van der Waals surface area contributed by atoms with Crippen molar-refractivity contribution in [2.45, 2.75) is 52.5 Å². The van der Waals surface area contributed by atoms with Gasteiger partial charge >= 0.3 is 0 Å². The zero-order valence-electron chi connectivity index (χ0n) is 20.7. The van der Waals surface area contributed by atoms with Crippen molar-refractivity contribution in [1.82, 2.24) is 35.2 Å². The minimum absolute atomic E-state index is 0. The van der Waals surface area contributed by atoms with E-state index in [1.807, 2.05) is 6.33 Å². The quantitative estimate of drug-likeness (QED) is 0.170. The highest BCUT2D eigenvalue weighted by atomic mass is 127. The van der Waals surface area contributed by atoms with Crippen molar-refractivity contribution in [3.8, 4) is 0 Å². The number of morpholine rings is 1. The maximum Gasteiger partial charge on any atom is 0.191 e. The Bertz CT molecular complexity index is 657. The molecular formula is C23H45IN8O. The molecule has 10 heteroatoms. The van der Waals surface area contributed by atoms with Crippen LogP contribution in [-0.4, -0.2) is 103 Å². The van der Waals surface area contributed by atoms with Gasteiger partial charge in [-0.1, -0.05) is 13.8 Å². The molecule has 3 heterocycles. The zero-order valence-corrected chi connectivity index (χ0v) is 23.0. The van der Waals surface area contributed by atoms with Gasteiger partial charge in [-0.3, -0.25) is 9.89 Å². The second kappa shape index (κ2) is 16.6. The molecule has 0 bridgehead atoms. The molecule has 0 atom stereocenters. The Morgan fingerprint density at radius 3 is 2.48 bits per heavy atom. The van der Waals surface area contributed by atoms with Gasteiger partial charge in [0.1, 0.15) is 12.2 Å². The number of nitrogens with zero attached hydrogens (tertiary/aromatic N) is 6. The van der Waals surface area contributed by atoms with Gasteiger partial charge in [-0.2, -0.15) is 0 Å². The van der Waals surface area contributed by atoms with E-state index in [2.05, 4.69) is 49.0 Å². The van der Waals surface area contributed by atoms with Gasteiger partial charge in [0.25, 0.3) is 0 Å². The van der Waals surface area contributed by atoms with Gasteiger partial charge in [0.15, 0.2) is 5.96 Å². The molecule has 2 N–H and O–H groups in total. The SMILES string of the molecule is CCc1nncn1CCNC(=NCCCN1CCC(C)CC1)NCCCN1CCOCC1.I. The van der Waals surface area contributed by atoms with Crippen LogP contribution >= 0.6 is 24.0 Å². The van der Waals surface area contributed by atoms with E-state index in [9.17, 15) is 0 Å². The van der Waals surface area contributed by atoms with Gasteiger partial charge in [0.05, 0.1) is 13.2 Å². The van der Waals surface area contributed by atoms with Crippen LogP contribution in [0.1, 0.15) is 45.4 Å². The van der Waals surface area contributed by atoms with E-state index in [4.69, 9.17) is 9.73 Å². The van der Waals surface area contributed by atoms with Crippen LogP contribution in [0.3, 0.4) is 0 Å². The second-order valence-electron chi connectivity index (χ2n) is 9.06. The number of piperidine rings is 1. The maximum absolute atomic E-state index is 5.44. The summed E-state index contributed by atoms with van der Waals surface area (Å²) in [6, 6.07) is 0. The Balaban J connectivity index is 0.00000385. The van der Waals surface area contributed by atoms with Crippen LogP contribution in [0.25, 0.3) is 0 Å². The average molecular weight is 577 g/mol. The number of guanidine groups is 1. The predicted octanol–water partition coefficient (Wildman–Crippen LogP) is 1.84. The first kappa shape index (κ1) is 28.3. The Hall–Kier alpha value is -0.980. The molecule has 0 saturated carbocycles. The number of ether oxygens (including phenoxy) is 1. The summed E-state index contributed by atoms with van der Waals surface area (Å²) in [7, 11) is 0. The van der Waals surface area contributed by atoms with Gasteiger partial charge in [0, 0.05) is 45.7 Å². The number of hydrogen-bond acceptors (Lipinski definition) is 6. The molecule has 33 heavy (non-hydrogen) atoms. The number of aryl methyl sites for hydroxylation is 1. The van der Waals surface area contributed by atoms with Gasteiger partial charge < -0.3 is 24.8 Å². The third kappa shape index (κ3) is 10.9. The number of halogens is 1. The van der Waals surface area contributed by atoms with Crippen molar-refractivity contribution in [3.05, 3.63) is 12.2 Å². The van der Waals surface area contributed by atoms with Crippen LogP contribution in [0.15, 0.2) is 11.3 Å². The second-order valence-corrected chi connectivity index (χ2v) is 9.06. The van der Waals surface area contributed by atoms with Gasteiger partial charge in [-0.25, -0.2) is 0 Å². The summed E-state index contributed by atoms with van der Waals surface area (Å²) in [6.45, 7) is 16.5. The van der Waals surface area contributed by atoms with Crippen molar-refractivity contribution in [3.63, 3.8) is 0 Å². The first-order chi connectivity index (χ1) is 15.7. The minimum atomic E-state index is 0. The standard InChI is InChI=1S/C23H44N8O.HI/c1-3-22-28-27-20-31(22)15-10-26-23(25-9-5-12-30-16-18-32-19-17-30)24-8-4-11-29-13-6-21(2)7-14-29;/h20-21H,3-19H2,1-2H3,(H2,24,25,26);1H. The van der Waals surface area contributed by atoms with E-state index in [1.54, 1.807) is 0 Å². The summed E-state index contributed by atoms with van der Waals surface area (Å²) >= 11 is 0. The molecule has 1 aromatic rings. The van der Waals surface area contributed by atoms with E-state index in [-0.39, 0.29) is 24.0 Å². The Kier molecular flexibility index (Phi) is 14.2. The smallest absolute Gasteiger partial charge is 0.191 e. The Labute approximate surface area is 217 Å². The van der Waals surface area contributed by atoms with Gasteiger partial charge in [-0.15, -0.1) is 34.2 Å². The lowest BCUT2D eigenvalue weighted by Gasteiger charge is -2.29. The lowest BCUT2D eigenvalue weighted by Crippen LogP contribution is -2.41. The summed E-state index contributed by atoms with van der Waals surface area (Å²) in [5.74, 6) is 2.84. The highest BCUT2D eigenvalue weighted by Crippen LogP contribution is 2.15. The molecular weight excluding hydrogens is 531 g/mol. The van der Waals surface area contributed by atoms with Gasteiger partial charge in [0.2, 0.25) is 0 Å². The molecule has 2 saturated heterocycles. The summed E-state index contributed by atoms with van der Waals surface area (Å²) in [4.78, 5) is 9.94. The summed E-state index contributed by atoms with van der Waals surface area (Å²) in [6.07, 6.45) is 7.61. The third-order valence-electron chi connectivity index (χ3n) is 6.48. The highest BCUT2D eigenvalue weighted by molar-refractivity contribution is 14.0. The monoisotopic (exact) mass is 576 g/mol. The van der Waals surface area contributed by atoms with Crippen molar-refractivity contribution in [2.75, 3.05) is 72.1 Å². The number of nitrogens with one attached hydrogen (secondary N) is 2. The van der Waals surface area contributed by atoms with Crippen molar-refractivity contribution in [1.29, 1.82) is 0 Å². The van der Waals surface area contributed by atoms with Crippen molar-refractivity contribution < 1.29 is 4.74 Å². The van der Waals surface area contributed by atoms with Crippen LogP contribution in [-0.2, 0) is 17.7 Å². The number of aliphatic imine (C=N–C) groups is 1. The maximum atomic E-state index is 5.44. The van der Waals surface area contributed by atoms with Crippen molar-refractivity contribution in [2.24, 2.45) is 10.9 Å². The molecule has 0 aliphatic carbocycles. The van der Waals surface area contributed by atoms with E-state index >= 15 is 0 Å². The normalized spacial score (nSPS) is 18.8. The molecule has 2 fully saturated rings. The van der Waals surface area contributed by atoms with E-state index in [1.165, 1.54) is 25.9 Å². The Morgan fingerprint density at radius 1 is 1.03 bits per heavy atom. The number of rotatable bonds is 12. The predicted molar refractivity (Wildman–Crippen MR) is 144 cm³/mol. The first-order valence-corrected chi connectivity index (χ1v) is 12.7. The lowest BCUT2D eigenvalue weighted by molar-refractivity contribution is 0.0376. The molecule has 0 unspecified atom stereocenters. The number of aromatic nitrogens is 3. The summed E-state index contributed by atoms with van der Waals surface area (Å²) in [5, 5.41) is 15.2. The topological polar surface area (TPSA) is 82.8 Å². The van der Waals surface area contributed by atoms with E-state index in [0.717, 1.165) is 103 Å². The zero-order chi connectivity index (χ0) is 22.4. The Morgan fingerprint density at radius 2 is 1.73 bits per heavy atom. The molecule has 2 aliphatic heterocycles. The fourth-order valence-corrected chi connectivity index (χ4v) is 4.31. The number of hydrogen-bond donors (Lipinski definition) is 2.